The quantitative estimate of drug-likeness (QED) is 0.678. The van der Waals surface area contributed by atoms with Crippen molar-refractivity contribution in [3.05, 3.63) is 59.7 Å². The van der Waals surface area contributed by atoms with Crippen LogP contribution in [0, 0.1) is 13.0 Å². The van der Waals surface area contributed by atoms with E-state index in [9.17, 15) is 0 Å². The molecule has 2 rings (SSSR count). The first-order valence-electron chi connectivity index (χ1n) is 5.37. The lowest BCUT2D eigenvalue weighted by atomic mass is 10.0. The minimum absolute atomic E-state index is 1.04. The van der Waals surface area contributed by atoms with Crippen LogP contribution in [-0.2, 0) is 6.42 Å². The molecule has 0 aliphatic carbocycles. The Morgan fingerprint density at radius 2 is 1.87 bits per heavy atom. The van der Waals surface area contributed by atoms with Crippen molar-refractivity contribution in [2.45, 2.75) is 20.3 Å². The van der Waals surface area contributed by atoms with Crippen LogP contribution in [0.15, 0.2) is 42.5 Å². The molecule has 0 bridgehead atoms. The summed E-state index contributed by atoms with van der Waals surface area (Å²) in [4.78, 5) is 0. The number of hydrogen-bond donors (Lipinski definition) is 0. The molecule has 75 valence electrons. The van der Waals surface area contributed by atoms with Crippen molar-refractivity contribution in [2.75, 3.05) is 0 Å². The average Bonchev–Trinajstić information content (AvgIpc) is 2.29. The van der Waals surface area contributed by atoms with Gasteiger partial charge in [0.05, 0.1) is 0 Å². The molecule has 0 fully saturated rings. The first kappa shape index (κ1) is 9.97. The van der Waals surface area contributed by atoms with Gasteiger partial charge in [0, 0.05) is 0 Å². The number of benzene rings is 2. The summed E-state index contributed by atoms with van der Waals surface area (Å²) in [6, 6.07) is 18.2. The van der Waals surface area contributed by atoms with Gasteiger partial charge in [-0.1, -0.05) is 55.0 Å². The molecule has 0 heterocycles. The SMILES string of the molecule is CCc1[c]ccc(-c2cccc(C)c2)c1. The zero-order valence-corrected chi connectivity index (χ0v) is 9.25. The lowest BCUT2D eigenvalue weighted by molar-refractivity contribution is 1.14. The van der Waals surface area contributed by atoms with Crippen molar-refractivity contribution in [2.24, 2.45) is 0 Å². The van der Waals surface area contributed by atoms with E-state index in [4.69, 9.17) is 0 Å². The van der Waals surface area contributed by atoms with Crippen LogP contribution in [0.4, 0.5) is 0 Å². The molecule has 0 saturated heterocycles. The van der Waals surface area contributed by atoms with Crippen LogP contribution in [0.25, 0.3) is 11.1 Å². The molecule has 2 aromatic carbocycles. The third kappa shape index (κ3) is 2.27. The van der Waals surface area contributed by atoms with Gasteiger partial charge in [-0.25, -0.2) is 0 Å². The van der Waals surface area contributed by atoms with Crippen LogP contribution in [-0.4, -0.2) is 0 Å². The van der Waals surface area contributed by atoms with Crippen LogP contribution in [0.1, 0.15) is 18.1 Å². The minimum atomic E-state index is 1.04. The van der Waals surface area contributed by atoms with Crippen molar-refractivity contribution in [3.8, 4) is 11.1 Å². The molecule has 0 aliphatic heterocycles. The largest absolute Gasteiger partial charge is 0.0614 e. The van der Waals surface area contributed by atoms with Crippen LogP contribution >= 0.6 is 0 Å². The number of rotatable bonds is 2. The molecule has 0 aromatic heterocycles. The van der Waals surface area contributed by atoms with Gasteiger partial charge in [-0.15, -0.1) is 0 Å². The summed E-state index contributed by atoms with van der Waals surface area (Å²) < 4.78 is 0. The molecule has 15 heavy (non-hydrogen) atoms. The first-order valence-corrected chi connectivity index (χ1v) is 5.37. The monoisotopic (exact) mass is 195 g/mol. The van der Waals surface area contributed by atoms with Crippen molar-refractivity contribution < 1.29 is 0 Å². The summed E-state index contributed by atoms with van der Waals surface area (Å²) in [6.45, 7) is 4.28. The second kappa shape index (κ2) is 4.31. The summed E-state index contributed by atoms with van der Waals surface area (Å²) in [5, 5.41) is 0. The Bertz CT molecular complexity index is 455. The Labute approximate surface area is 91.6 Å². The second-order valence-electron chi connectivity index (χ2n) is 3.83. The summed E-state index contributed by atoms with van der Waals surface area (Å²) in [6.07, 6.45) is 1.04. The normalized spacial score (nSPS) is 10.3. The predicted octanol–water partition coefficient (Wildman–Crippen LogP) is 4.02. The fourth-order valence-corrected chi connectivity index (χ4v) is 1.72. The second-order valence-corrected chi connectivity index (χ2v) is 3.83. The predicted molar refractivity (Wildman–Crippen MR) is 64.8 cm³/mol. The molecule has 0 atom stereocenters. The summed E-state index contributed by atoms with van der Waals surface area (Å²) >= 11 is 0. The van der Waals surface area contributed by atoms with Gasteiger partial charge in [-0.2, -0.15) is 0 Å². The van der Waals surface area contributed by atoms with Gasteiger partial charge in [0.1, 0.15) is 0 Å². The topological polar surface area (TPSA) is 0 Å². The van der Waals surface area contributed by atoms with Crippen molar-refractivity contribution in [3.63, 3.8) is 0 Å². The molecule has 0 nitrogen and oxygen atoms in total. The van der Waals surface area contributed by atoms with Gasteiger partial charge in [0.2, 0.25) is 0 Å². The molecule has 0 N–H and O–H groups in total. The Hall–Kier alpha value is -1.56. The maximum absolute atomic E-state index is 3.24. The van der Waals surface area contributed by atoms with Gasteiger partial charge >= 0.3 is 0 Å². The molecule has 0 unspecified atom stereocenters. The van der Waals surface area contributed by atoms with Gasteiger partial charge < -0.3 is 0 Å². The lowest BCUT2D eigenvalue weighted by Crippen LogP contribution is -1.83. The van der Waals surface area contributed by atoms with Crippen molar-refractivity contribution in [1.29, 1.82) is 0 Å². The summed E-state index contributed by atoms with van der Waals surface area (Å²) in [5.41, 5.74) is 5.15. The standard InChI is InChI=1S/C15H15/c1-3-13-7-5-9-15(11-13)14-8-4-6-12(2)10-14/h4-6,8-11H,3H2,1-2H3. The highest BCUT2D eigenvalue weighted by Crippen LogP contribution is 2.21. The smallest absolute Gasteiger partial charge is 0.0149 e. The van der Waals surface area contributed by atoms with E-state index in [1.165, 1.54) is 22.3 Å². The molecule has 0 amide bonds. The molecule has 2 aromatic rings. The van der Waals surface area contributed by atoms with E-state index in [0.717, 1.165) is 6.42 Å². The zero-order valence-electron chi connectivity index (χ0n) is 9.25. The third-order valence-corrected chi connectivity index (χ3v) is 2.59. The fraction of sp³-hybridized carbons (Fsp3) is 0.200. The highest BCUT2D eigenvalue weighted by molar-refractivity contribution is 5.64. The van der Waals surface area contributed by atoms with Crippen LogP contribution < -0.4 is 0 Å². The summed E-state index contributed by atoms with van der Waals surface area (Å²) in [5.74, 6) is 0. The van der Waals surface area contributed by atoms with E-state index in [1.807, 2.05) is 6.07 Å². The number of aryl methyl sites for hydroxylation is 2. The van der Waals surface area contributed by atoms with E-state index in [1.54, 1.807) is 0 Å². The van der Waals surface area contributed by atoms with E-state index < -0.39 is 0 Å². The van der Waals surface area contributed by atoms with Crippen LogP contribution in [0.3, 0.4) is 0 Å². The fourth-order valence-electron chi connectivity index (χ4n) is 1.72. The molecular formula is C15H15. The Kier molecular flexibility index (Phi) is 2.86. The van der Waals surface area contributed by atoms with Crippen molar-refractivity contribution >= 4 is 0 Å². The van der Waals surface area contributed by atoms with Gasteiger partial charge in [-0.05, 0) is 36.1 Å². The minimum Gasteiger partial charge on any atom is -0.0614 e. The Morgan fingerprint density at radius 3 is 2.60 bits per heavy atom. The molecular weight excluding hydrogens is 180 g/mol. The van der Waals surface area contributed by atoms with E-state index in [0.29, 0.717) is 0 Å². The van der Waals surface area contributed by atoms with Gasteiger partial charge in [0.25, 0.3) is 0 Å². The highest BCUT2D eigenvalue weighted by Gasteiger charge is 1.98. The maximum Gasteiger partial charge on any atom is -0.0149 e. The van der Waals surface area contributed by atoms with Crippen molar-refractivity contribution in [1.82, 2.24) is 0 Å². The summed E-state index contributed by atoms with van der Waals surface area (Å²) in [7, 11) is 0. The number of hydrogen-bond acceptors (Lipinski definition) is 0. The van der Waals surface area contributed by atoms with E-state index in [2.05, 4.69) is 56.3 Å². The lowest BCUT2D eigenvalue weighted by Gasteiger charge is -2.04. The zero-order chi connectivity index (χ0) is 10.7. The van der Waals surface area contributed by atoms with Crippen LogP contribution in [0.2, 0.25) is 0 Å². The maximum atomic E-state index is 3.24. The first-order chi connectivity index (χ1) is 7.29. The van der Waals surface area contributed by atoms with E-state index >= 15 is 0 Å². The molecule has 0 aliphatic rings. The third-order valence-electron chi connectivity index (χ3n) is 2.59. The highest BCUT2D eigenvalue weighted by atomic mass is 14.0. The molecule has 0 heteroatoms. The molecule has 1 radical (unpaired) electrons. The van der Waals surface area contributed by atoms with Gasteiger partial charge in [0.15, 0.2) is 0 Å². The van der Waals surface area contributed by atoms with E-state index in [-0.39, 0.29) is 0 Å². The van der Waals surface area contributed by atoms with Gasteiger partial charge in [-0.3, -0.25) is 0 Å². The van der Waals surface area contributed by atoms with Crippen LogP contribution in [0.5, 0.6) is 0 Å². The Balaban J connectivity index is 2.44. The molecule has 0 saturated carbocycles. The average molecular weight is 195 g/mol. The Morgan fingerprint density at radius 1 is 1.07 bits per heavy atom. The molecule has 0 spiro atoms.